The Morgan fingerprint density at radius 2 is 1.61 bits per heavy atom. The van der Waals surface area contributed by atoms with E-state index in [1.807, 2.05) is 38.1 Å². The highest BCUT2D eigenvalue weighted by Gasteiger charge is 2.00. The topological polar surface area (TPSA) is 29.5 Å². The van der Waals surface area contributed by atoms with Gasteiger partial charge in [0.25, 0.3) is 0 Å². The van der Waals surface area contributed by atoms with E-state index in [9.17, 15) is 5.11 Å². The van der Waals surface area contributed by atoms with Crippen molar-refractivity contribution in [3.8, 4) is 0 Å². The molecule has 0 saturated heterocycles. The molecule has 0 unspecified atom stereocenters. The second-order valence-corrected chi connectivity index (χ2v) is 3.44. The zero-order valence-corrected chi connectivity index (χ0v) is 12.2. The van der Waals surface area contributed by atoms with Crippen molar-refractivity contribution >= 4 is 5.57 Å². The van der Waals surface area contributed by atoms with E-state index in [2.05, 4.69) is 17.9 Å². The SMILES string of the molecule is C=CC(=C)c1ccc([C@H](C)O)cc1.CC.COC. The van der Waals surface area contributed by atoms with E-state index < -0.39 is 6.10 Å². The molecule has 18 heavy (non-hydrogen) atoms. The van der Waals surface area contributed by atoms with Crippen LogP contribution in [0.1, 0.15) is 38.0 Å². The highest BCUT2D eigenvalue weighted by Crippen LogP contribution is 2.17. The number of ether oxygens (including phenoxy) is 1. The van der Waals surface area contributed by atoms with Gasteiger partial charge >= 0.3 is 0 Å². The van der Waals surface area contributed by atoms with Gasteiger partial charge in [-0.15, -0.1) is 0 Å². The minimum atomic E-state index is -0.411. The Kier molecular flexibility index (Phi) is 12.7. The lowest BCUT2D eigenvalue weighted by Gasteiger charge is -2.05. The zero-order valence-electron chi connectivity index (χ0n) is 12.2. The first kappa shape index (κ1) is 19.0. The first-order valence-electron chi connectivity index (χ1n) is 6.06. The van der Waals surface area contributed by atoms with Gasteiger partial charge in [0, 0.05) is 14.2 Å². The molecular formula is C16H26O2. The zero-order chi connectivity index (χ0) is 14.6. The molecule has 2 nitrogen and oxygen atoms in total. The molecule has 1 atom stereocenters. The molecule has 1 rings (SSSR count). The monoisotopic (exact) mass is 250 g/mol. The molecule has 0 heterocycles. The molecule has 0 aliphatic heterocycles. The smallest absolute Gasteiger partial charge is 0.0761 e. The highest BCUT2D eigenvalue weighted by molar-refractivity contribution is 5.71. The first-order valence-corrected chi connectivity index (χ1v) is 6.06. The fraction of sp³-hybridized carbons (Fsp3) is 0.375. The molecule has 0 aliphatic carbocycles. The number of benzene rings is 1. The maximum atomic E-state index is 9.27. The van der Waals surface area contributed by atoms with Crippen molar-refractivity contribution in [1.82, 2.24) is 0 Å². The second kappa shape index (κ2) is 12.1. The number of allylic oxidation sites excluding steroid dienone is 2. The average Bonchev–Trinajstić information content (AvgIpc) is 2.41. The lowest BCUT2D eigenvalue weighted by Crippen LogP contribution is -1.90. The van der Waals surface area contributed by atoms with Crippen molar-refractivity contribution < 1.29 is 9.84 Å². The number of aliphatic hydroxyl groups is 1. The maximum Gasteiger partial charge on any atom is 0.0761 e. The van der Waals surface area contributed by atoms with Gasteiger partial charge in [-0.2, -0.15) is 0 Å². The van der Waals surface area contributed by atoms with Gasteiger partial charge in [0.15, 0.2) is 0 Å². The molecule has 0 amide bonds. The molecule has 0 aromatic heterocycles. The van der Waals surface area contributed by atoms with Crippen molar-refractivity contribution in [1.29, 1.82) is 0 Å². The Labute approximate surface area is 112 Å². The van der Waals surface area contributed by atoms with Gasteiger partial charge in [-0.3, -0.25) is 0 Å². The summed E-state index contributed by atoms with van der Waals surface area (Å²) in [5.74, 6) is 0. The lowest BCUT2D eigenvalue weighted by atomic mass is 10.0. The van der Waals surface area contributed by atoms with Crippen LogP contribution < -0.4 is 0 Å². The lowest BCUT2D eigenvalue weighted by molar-refractivity contribution is 0.199. The van der Waals surface area contributed by atoms with Crippen LogP contribution in [0.25, 0.3) is 5.57 Å². The minimum Gasteiger partial charge on any atom is -0.389 e. The van der Waals surface area contributed by atoms with Crippen molar-refractivity contribution in [2.24, 2.45) is 0 Å². The third kappa shape index (κ3) is 7.82. The quantitative estimate of drug-likeness (QED) is 0.814. The molecular weight excluding hydrogens is 224 g/mol. The Hall–Kier alpha value is -1.38. The van der Waals surface area contributed by atoms with Gasteiger partial charge in [0.2, 0.25) is 0 Å². The number of aliphatic hydroxyl groups excluding tert-OH is 1. The van der Waals surface area contributed by atoms with Crippen LogP contribution in [-0.2, 0) is 4.74 Å². The molecule has 0 saturated carbocycles. The largest absolute Gasteiger partial charge is 0.389 e. The van der Waals surface area contributed by atoms with Gasteiger partial charge in [-0.25, -0.2) is 0 Å². The third-order valence-electron chi connectivity index (χ3n) is 2.01. The summed E-state index contributed by atoms with van der Waals surface area (Å²) in [5.41, 5.74) is 2.86. The van der Waals surface area contributed by atoms with Crippen molar-refractivity contribution in [3.63, 3.8) is 0 Å². The van der Waals surface area contributed by atoms with E-state index in [1.54, 1.807) is 27.2 Å². The number of hydrogen-bond donors (Lipinski definition) is 1. The summed E-state index contributed by atoms with van der Waals surface area (Å²) in [6.07, 6.45) is 1.31. The molecule has 102 valence electrons. The van der Waals surface area contributed by atoms with Gasteiger partial charge in [0.05, 0.1) is 6.10 Å². The number of methoxy groups -OCH3 is 1. The van der Waals surface area contributed by atoms with Crippen LogP contribution in [0.15, 0.2) is 43.5 Å². The summed E-state index contributed by atoms with van der Waals surface area (Å²) < 4.78 is 4.25. The Morgan fingerprint density at radius 1 is 1.22 bits per heavy atom. The second-order valence-electron chi connectivity index (χ2n) is 3.44. The molecule has 0 aliphatic rings. The summed E-state index contributed by atoms with van der Waals surface area (Å²) in [6.45, 7) is 13.2. The van der Waals surface area contributed by atoms with Crippen LogP contribution in [-0.4, -0.2) is 19.3 Å². The van der Waals surface area contributed by atoms with E-state index in [1.165, 1.54) is 0 Å². The fourth-order valence-electron chi connectivity index (χ4n) is 1.09. The number of hydrogen-bond acceptors (Lipinski definition) is 2. The van der Waals surface area contributed by atoms with Gasteiger partial charge in [-0.05, 0) is 23.6 Å². The molecule has 0 fully saturated rings. The molecule has 1 aromatic rings. The van der Waals surface area contributed by atoms with Crippen LogP contribution in [0.5, 0.6) is 0 Å². The van der Waals surface area contributed by atoms with E-state index in [-0.39, 0.29) is 0 Å². The summed E-state index contributed by atoms with van der Waals surface area (Å²) >= 11 is 0. The standard InChI is InChI=1S/C12H14O.C2H6O.C2H6/c1-4-9(2)11-5-7-12(8-6-11)10(3)13;1-3-2;1-2/h4-8,10,13H,1-2H2,3H3;1-2H3;1-2H3/t10-;;/m0../s1. The van der Waals surface area contributed by atoms with Crippen LogP contribution in [0.4, 0.5) is 0 Å². The van der Waals surface area contributed by atoms with Gasteiger partial charge in [-0.1, -0.05) is 57.3 Å². The number of rotatable bonds is 3. The molecule has 0 bridgehead atoms. The van der Waals surface area contributed by atoms with E-state index >= 15 is 0 Å². The van der Waals surface area contributed by atoms with Crippen LogP contribution >= 0.6 is 0 Å². The van der Waals surface area contributed by atoms with E-state index in [0.29, 0.717) is 0 Å². The van der Waals surface area contributed by atoms with Gasteiger partial charge < -0.3 is 9.84 Å². The Morgan fingerprint density at radius 3 is 1.89 bits per heavy atom. The van der Waals surface area contributed by atoms with E-state index in [0.717, 1.165) is 16.7 Å². The van der Waals surface area contributed by atoms with Crippen molar-refractivity contribution in [2.75, 3.05) is 14.2 Å². The summed E-state index contributed by atoms with van der Waals surface area (Å²) in [4.78, 5) is 0. The van der Waals surface area contributed by atoms with Crippen LogP contribution in [0.2, 0.25) is 0 Å². The first-order chi connectivity index (χ1) is 8.56. The highest BCUT2D eigenvalue weighted by atomic mass is 16.4. The summed E-state index contributed by atoms with van der Waals surface area (Å²) in [7, 11) is 3.25. The molecule has 0 spiro atoms. The average molecular weight is 250 g/mol. The molecule has 2 heteroatoms. The fourth-order valence-corrected chi connectivity index (χ4v) is 1.09. The summed E-state index contributed by atoms with van der Waals surface area (Å²) in [6, 6.07) is 7.67. The molecule has 1 aromatic carbocycles. The normalized spacial score (nSPS) is 10.1. The van der Waals surface area contributed by atoms with Crippen LogP contribution in [0, 0.1) is 0 Å². The van der Waals surface area contributed by atoms with Gasteiger partial charge in [0.1, 0.15) is 0 Å². The Balaban J connectivity index is 0. The molecule has 0 radical (unpaired) electrons. The minimum absolute atomic E-state index is 0.411. The predicted molar refractivity (Wildman–Crippen MR) is 80.6 cm³/mol. The van der Waals surface area contributed by atoms with Crippen LogP contribution in [0.3, 0.4) is 0 Å². The maximum absolute atomic E-state index is 9.27. The third-order valence-corrected chi connectivity index (χ3v) is 2.01. The summed E-state index contributed by atoms with van der Waals surface area (Å²) in [5, 5.41) is 9.27. The van der Waals surface area contributed by atoms with Crippen molar-refractivity contribution in [2.45, 2.75) is 26.9 Å². The van der Waals surface area contributed by atoms with E-state index in [4.69, 9.17) is 0 Å². The predicted octanol–water partition coefficient (Wildman–Crippen LogP) is 4.23. The van der Waals surface area contributed by atoms with Crippen molar-refractivity contribution in [3.05, 3.63) is 54.6 Å². The molecule has 1 N–H and O–H groups in total. The Bertz CT molecular complexity index is 323.